The number of hydrogen-bond acceptors (Lipinski definition) is 4. The van der Waals surface area contributed by atoms with Crippen LogP contribution in [0.5, 0.6) is 0 Å². The summed E-state index contributed by atoms with van der Waals surface area (Å²) in [4.78, 5) is 31.4. The van der Waals surface area contributed by atoms with E-state index in [-0.39, 0.29) is 20.8 Å². The Morgan fingerprint density at radius 1 is 1.04 bits per heavy atom. The SMILES string of the molecule is NN(C(=O)c1c(Cl)c(Cl)c(Cl)c(Cl)c1C(=O)O)c1ccc2nc[nH]c2c1. The quantitative estimate of drug-likeness (QED) is 0.186. The number of carboxylic acids is 1. The zero-order chi connectivity index (χ0) is 19.2. The summed E-state index contributed by atoms with van der Waals surface area (Å²) in [7, 11) is 0. The van der Waals surface area contributed by atoms with Gasteiger partial charge in [-0.2, -0.15) is 0 Å². The van der Waals surface area contributed by atoms with Crippen LogP contribution >= 0.6 is 46.4 Å². The molecule has 0 bridgehead atoms. The molecule has 1 aromatic heterocycles. The van der Waals surface area contributed by atoms with E-state index >= 15 is 0 Å². The molecule has 3 aromatic rings. The first-order chi connectivity index (χ1) is 12.2. The average Bonchev–Trinajstić information content (AvgIpc) is 3.08. The molecule has 0 saturated carbocycles. The highest BCUT2D eigenvalue weighted by Gasteiger charge is 2.31. The lowest BCUT2D eigenvalue weighted by Gasteiger charge is -2.20. The van der Waals surface area contributed by atoms with Crippen molar-refractivity contribution in [3.63, 3.8) is 0 Å². The lowest BCUT2D eigenvalue weighted by Crippen LogP contribution is -2.38. The van der Waals surface area contributed by atoms with Gasteiger partial charge in [-0.1, -0.05) is 46.4 Å². The summed E-state index contributed by atoms with van der Waals surface area (Å²) in [6, 6.07) is 4.73. The second-order valence-electron chi connectivity index (χ2n) is 5.09. The molecule has 1 heterocycles. The number of anilines is 1. The maximum Gasteiger partial charge on any atom is 0.338 e. The van der Waals surface area contributed by atoms with Gasteiger partial charge >= 0.3 is 5.97 Å². The minimum Gasteiger partial charge on any atom is -0.478 e. The van der Waals surface area contributed by atoms with E-state index in [0.717, 1.165) is 5.01 Å². The van der Waals surface area contributed by atoms with Gasteiger partial charge in [0.25, 0.3) is 5.91 Å². The Bertz CT molecular complexity index is 1070. The van der Waals surface area contributed by atoms with E-state index in [1.807, 2.05) is 0 Å². The third-order valence-electron chi connectivity index (χ3n) is 3.60. The number of carbonyl (C=O) groups is 2. The predicted molar refractivity (Wildman–Crippen MR) is 101 cm³/mol. The molecule has 2 aromatic carbocycles. The molecular weight excluding hydrogens is 426 g/mol. The highest BCUT2D eigenvalue weighted by Crippen LogP contribution is 2.42. The molecule has 0 aliphatic rings. The molecule has 4 N–H and O–H groups in total. The van der Waals surface area contributed by atoms with Crippen LogP contribution in [0.4, 0.5) is 5.69 Å². The molecule has 0 radical (unpaired) electrons. The van der Waals surface area contributed by atoms with Crippen LogP contribution in [-0.4, -0.2) is 27.0 Å². The van der Waals surface area contributed by atoms with Crippen LogP contribution < -0.4 is 10.9 Å². The summed E-state index contributed by atoms with van der Waals surface area (Å²) in [6.45, 7) is 0. The van der Waals surface area contributed by atoms with Crippen molar-refractivity contribution in [2.75, 3.05) is 5.01 Å². The zero-order valence-electron chi connectivity index (χ0n) is 12.6. The molecule has 134 valence electrons. The standard InChI is InChI=1S/C15H8Cl4N4O3/c16-10-8(9(15(25)26)11(17)13(19)12(10)18)14(24)23(20)5-1-2-6-7(3-5)22-4-21-6/h1-4H,20H2,(H,21,22)(H,25,26). The fourth-order valence-corrected chi connectivity index (χ4v) is 3.36. The van der Waals surface area contributed by atoms with E-state index in [1.165, 1.54) is 12.4 Å². The maximum absolute atomic E-state index is 12.8. The number of imidazole rings is 1. The number of fused-ring (bicyclic) bond motifs is 1. The summed E-state index contributed by atoms with van der Waals surface area (Å²) < 4.78 is 0. The summed E-state index contributed by atoms with van der Waals surface area (Å²) >= 11 is 23.9. The number of nitrogens with one attached hydrogen (secondary N) is 1. The van der Waals surface area contributed by atoms with Gasteiger partial charge in [-0.15, -0.1) is 0 Å². The van der Waals surface area contributed by atoms with Gasteiger partial charge in [0.15, 0.2) is 0 Å². The Morgan fingerprint density at radius 3 is 2.27 bits per heavy atom. The van der Waals surface area contributed by atoms with Gasteiger partial charge in [0, 0.05) is 0 Å². The van der Waals surface area contributed by atoms with E-state index < -0.39 is 28.0 Å². The Hall–Kier alpha value is -2.03. The topological polar surface area (TPSA) is 112 Å². The number of nitrogens with two attached hydrogens (primary N) is 1. The Morgan fingerprint density at radius 2 is 1.65 bits per heavy atom. The van der Waals surface area contributed by atoms with E-state index in [2.05, 4.69) is 9.97 Å². The van der Waals surface area contributed by atoms with Crippen molar-refractivity contribution >= 4 is 75.0 Å². The number of aromatic amines is 1. The lowest BCUT2D eigenvalue weighted by atomic mass is 10.1. The molecule has 11 heteroatoms. The van der Waals surface area contributed by atoms with Gasteiger partial charge in [0.05, 0.1) is 54.3 Å². The number of aromatic carboxylic acids is 1. The second-order valence-corrected chi connectivity index (χ2v) is 6.60. The first-order valence-electron chi connectivity index (χ1n) is 6.85. The third-order valence-corrected chi connectivity index (χ3v) is 5.40. The number of carbonyl (C=O) groups excluding carboxylic acids is 1. The summed E-state index contributed by atoms with van der Waals surface area (Å²) in [5.74, 6) is 3.46. The maximum atomic E-state index is 12.8. The Labute approximate surface area is 166 Å². The summed E-state index contributed by atoms with van der Waals surface area (Å²) in [6.07, 6.45) is 1.48. The normalized spacial score (nSPS) is 11.0. The second kappa shape index (κ2) is 6.94. The fourth-order valence-electron chi connectivity index (χ4n) is 2.34. The highest BCUT2D eigenvalue weighted by molar-refractivity contribution is 6.54. The lowest BCUT2D eigenvalue weighted by molar-refractivity contribution is 0.0692. The predicted octanol–water partition coefficient (Wildman–Crippen LogP) is 4.40. The van der Waals surface area contributed by atoms with Gasteiger partial charge in [0.2, 0.25) is 0 Å². The van der Waals surface area contributed by atoms with Gasteiger partial charge in [-0.05, 0) is 18.2 Å². The van der Waals surface area contributed by atoms with Crippen LogP contribution in [0.3, 0.4) is 0 Å². The molecule has 0 fully saturated rings. The number of halogens is 4. The molecule has 0 unspecified atom stereocenters. The van der Waals surface area contributed by atoms with Crippen LogP contribution in [0.1, 0.15) is 20.7 Å². The Kier molecular flexibility index (Phi) is 5.01. The van der Waals surface area contributed by atoms with Crippen molar-refractivity contribution in [1.29, 1.82) is 0 Å². The average molecular weight is 434 g/mol. The Balaban J connectivity index is 2.16. The minimum atomic E-state index is -1.50. The molecule has 0 aliphatic carbocycles. The van der Waals surface area contributed by atoms with Crippen LogP contribution in [0, 0.1) is 0 Å². The van der Waals surface area contributed by atoms with Crippen molar-refractivity contribution in [3.8, 4) is 0 Å². The number of amides is 1. The molecule has 0 saturated heterocycles. The van der Waals surface area contributed by atoms with E-state index in [1.54, 1.807) is 12.1 Å². The van der Waals surface area contributed by atoms with E-state index in [0.29, 0.717) is 11.0 Å². The largest absolute Gasteiger partial charge is 0.478 e. The molecule has 7 nitrogen and oxygen atoms in total. The van der Waals surface area contributed by atoms with Gasteiger partial charge in [-0.3, -0.25) is 4.79 Å². The number of nitrogens with zero attached hydrogens (tertiary/aromatic N) is 2. The molecule has 0 atom stereocenters. The number of benzene rings is 2. The molecule has 0 spiro atoms. The monoisotopic (exact) mass is 432 g/mol. The smallest absolute Gasteiger partial charge is 0.338 e. The summed E-state index contributed by atoms with van der Waals surface area (Å²) in [5.41, 5.74) is 0.500. The van der Waals surface area contributed by atoms with E-state index in [4.69, 9.17) is 52.2 Å². The van der Waals surface area contributed by atoms with E-state index in [9.17, 15) is 14.7 Å². The fraction of sp³-hybridized carbons (Fsp3) is 0. The number of rotatable bonds is 3. The minimum absolute atomic E-state index is 0.246. The third kappa shape index (κ3) is 2.98. The molecule has 1 amide bonds. The van der Waals surface area contributed by atoms with Crippen molar-refractivity contribution in [3.05, 3.63) is 55.7 Å². The van der Waals surface area contributed by atoms with Crippen LogP contribution in [0.25, 0.3) is 11.0 Å². The number of aromatic nitrogens is 2. The molecule has 3 rings (SSSR count). The first kappa shape index (κ1) is 18.8. The zero-order valence-corrected chi connectivity index (χ0v) is 15.6. The van der Waals surface area contributed by atoms with Crippen LogP contribution in [-0.2, 0) is 0 Å². The van der Waals surface area contributed by atoms with Crippen LogP contribution in [0.15, 0.2) is 24.5 Å². The van der Waals surface area contributed by atoms with Crippen molar-refractivity contribution in [2.24, 2.45) is 5.84 Å². The van der Waals surface area contributed by atoms with Crippen molar-refractivity contribution in [2.45, 2.75) is 0 Å². The van der Waals surface area contributed by atoms with Gasteiger partial charge in [-0.25, -0.2) is 20.6 Å². The number of carboxylic acid groups (broad SMARTS) is 1. The number of hydrogen-bond donors (Lipinski definition) is 3. The summed E-state index contributed by atoms with van der Waals surface area (Å²) in [5, 5.41) is 8.88. The van der Waals surface area contributed by atoms with Crippen molar-refractivity contribution in [1.82, 2.24) is 9.97 Å². The number of H-pyrrole nitrogens is 1. The highest BCUT2D eigenvalue weighted by atomic mass is 35.5. The first-order valence-corrected chi connectivity index (χ1v) is 8.36. The molecule has 26 heavy (non-hydrogen) atoms. The van der Waals surface area contributed by atoms with Crippen molar-refractivity contribution < 1.29 is 14.7 Å². The molecule has 0 aliphatic heterocycles. The van der Waals surface area contributed by atoms with Gasteiger partial charge in [0.1, 0.15) is 0 Å². The molecular formula is C15H8Cl4N4O3. The van der Waals surface area contributed by atoms with Crippen LogP contribution in [0.2, 0.25) is 20.1 Å². The van der Waals surface area contributed by atoms with Gasteiger partial charge < -0.3 is 10.1 Å². The number of hydrazine groups is 1.